The zero-order valence-electron chi connectivity index (χ0n) is 13.7. The molecule has 0 amide bonds. The van der Waals surface area contributed by atoms with Crippen molar-refractivity contribution in [3.05, 3.63) is 22.3 Å². The second kappa shape index (κ2) is 12.6. The van der Waals surface area contributed by atoms with E-state index >= 15 is 0 Å². The first-order chi connectivity index (χ1) is 11.2. The predicted octanol–water partition coefficient (Wildman–Crippen LogP) is 3.50. The lowest BCUT2D eigenvalue weighted by atomic mass is 10.3. The summed E-state index contributed by atoms with van der Waals surface area (Å²) in [7, 11) is 0. The monoisotopic (exact) mass is 377 g/mol. The van der Waals surface area contributed by atoms with E-state index in [1.165, 1.54) is 12.2 Å². The van der Waals surface area contributed by atoms with Crippen LogP contribution in [0, 0.1) is 0 Å². The van der Waals surface area contributed by atoms with Crippen molar-refractivity contribution < 1.29 is 0 Å². The molecule has 0 aliphatic rings. The number of aromatic nitrogens is 1. The summed E-state index contributed by atoms with van der Waals surface area (Å²) in [5.74, 6) is 2.67. The van der Waals surface area contributed by atoms with Crippen LogP contribution in [0.15, 0.2) is 17.3 Å². The van der Waals surface area contributed by atoms with E-state index in [1.807, 2.05) is 11.8 Å². The average Bonchev–Trinajstić information content (AvgIpc) is 2.52. The summed E-state index contributed by atoms with van der Waals surface area (Å²) in [5, 5.41) is 10.7. The van der Waals surface area contributed by atoms with E-state index in [0.29, 0.717) is 22.4 Å². The number of nitrogens with zero attached hydrogens (tertiary/aromatic N) is 2. The molecule has 5 nitrogen and oxygen atoms in total. The molecule has 0 aromatic carbocycles. The van der Waals surface area contributed by atoms with Crippen molar-refractivity contribution in [2.75, 3.05) is 43.5 Å². The van der Waals surface area contributed by atoms with Gasteiger partial charge in [0.05, 0.1) is 10.0 Å². The Balaban J connectivity index is 2.30. The van der Waals surface area contributed by atoms with Gasteiger partial charge < -0.3 is 16.0 Å². The highest BCUT2D eigenvalue weighted by atomic mass is 35.5. The fourth-order valence-corrected chi connectivity index (χ4v) is 2.74. The van der Waals surface area contributed by atoms with E-state index < -0.39 is 0 Å². The summed E-state index contributed by atoms with van der Waals surface area (Å²) in [6.07, 6.45) is 6.01. The van der Waals surface area contributed by atoms with E-state index in [-0.39, 0.29) is 0 Å². The number of guanidine groups is 1. The van der Waals surface area contributed by atoms with Crippen molar-refractivity contribution in [3.8, 4) is 0 Å². The summed E-state index contributed by atoms with van der Waals surface area (Å²) in [6, 6.07) is 1.67. The molecule has 0 fully saturated rings. The maximum Gasteiger partial charge on any atom is 0.191 e. The molecule has 0 radical (unpaired) electrons. The third-order valence-corrected chi connectivity index (χ3v) is 4.08. The Morgan fingerprint density at radius 3 is 2.78 bits per heavy atom. The summed E-state index contributed by atoms with van der Waals surface area (Å²) in [4.78, 5) is 8.72. The van der Waals surface area contributed by atoms with Crippen molar-refractivity contribution in [1.29, 1.82) is 0 Å². The Morgan fingerprint density at radius 2 is 2.09 bits per heavy atom. The van der Waals surface area contributed by atoms with Gasteiger partial charge in [-0.1, -0.05) is 23.2 Å². The number of thioether (sulfide) groups is 1. The van der Waals surface area contributed by atoms with Gasteiger partial charge in [0.1, 0.15) is 5.82 Å². The van der Waals surface area contributed by atoms with Gasteiger partial charge in [-0.2, -0.15) is 11.8 Å². The third kappa shape index (κ3) is 9.13. The molecule has 130 valence electrons. The minimum Gasteiger partial charge on any atom is -0.367 e. The third-order valence-electron chi connectivity index (χ3n) is 2.89. The molecule has 0 saturated carbocycles. The molecule has 8 heteroatoms. The fourth-order valence-electron chi connectivity index (χ4n) is 1.80. The molecular weight excluding hydrogens is 353 g/mol. The van der Waals surface area contributed by atoms with E-state index in [4.69, 9.17) is 23.2 Å². The molecule has 0 saturated heterocycles. The normalized spacial score (nSPS) is 11.4. The number of aliphatic imine (C=N–C) groups is 1. The maximum atomic E-state index is 6.06. The highest BCUT2D eigenvalue weighted by Gasteiger charge is 2.02. The number of hydrogen-bond donors (Lipinski definition) is 3. The van der Waals surface area contributed by atoms with Crippen LogP contribution >= 0.6 is 35.0 Å². The Kier molecular flexibility index (Phi) is 11.0. The van der Waals surface area contributed by atoms with E-state index in [0.717, 1.165) is 32.0 Å². The standard InChI is InChI=1S/C15H25Cl2N5S/c1-3-18-15(20-6-4-5-9-23-2)21-8-7-19-14-13(17)10-12(16)11-22-14/h10-11H,3-9H2,1-2H3,(H,19,22)(H2,18,20,21). The summed E-state index contributed by atoms with van der Waals surface area (Å²) in [6.45, 7) is 5.14. The molecule has 1 heterocycles. The zero-order chi connectivity index (χ0) is 16.9. The molecule has 1 aromatic rings. The first-order valence-corrected chi connectivity index (χ1v) is 9.88. The Bertz CT molecular complexity index is 485. The molecule has 1 aromatic heterocycles. The van der Waals surface area contributed by atoms with E-state index in [9.17, 15) is 0 Å². The number of nitrogens with one attached hydrogen (secondary N) is 3. The van der Waals surface area contributed by atoms with Crippen molar-refractivity contribution >= 4 is 46.7 Å². The number of halogens is 2. The molecule has 3 N–H and O–H groups in total. The van der Waals surface area contributed by atoms with Gasteiger partial charge in [-0.3, -0.25) is 4.99 Å². The second-order valence-electron chi connectivity index (χ2n) is 4.80. The molecule has 0 spiro atoms. The first-order valence-electron chi connectivity index (χ1n) is 7.73. The van der Waals surface area contributed by atoms with Gasteiger partial charge in [-0.25, -0.2) is 4.98 Å². The quantitative estimate of drug-likeness (QED) is 0.331. The number of hydrogen-bond acceptors (Lipinski definition) is 4. The van der Waals surface area contributed by atoms with Gasteiger partial charge in [-0.05, 0) is 37.8 Å². The second-order valence-corrected chi connectivity index (χ2v) is 6.63. The lowest BCUT2D eigenvalue weighted by Gasteiger charge is -2.12. The van der Waals surface area contributed by atoms with Crippen LogP contribution in [-0.4, -0.2) is 49.1 Å². The average molecular weight is 378 g/mol. The topological polar surface area (TPSA) is 61.3 Å². The Labute approximate surface area is 153 Å². The highest BCUT2D eigenvalue weighted by molar-refractivity contribution is 7.98. The van der Waals surface area contributed by atoms with Crippen molar-refractivity contribution in [2.24, 2.45) is 4.99 Å². The molecule has 0 atom stereocenters. The molecule has 0 unspecified atom stereocenters. The van der Waals surface area contributed by atoms with Crippen LogP contribution in [0.3, 0.4) is 0 Å². The van der Waals surface area contributed by atoms with Gasteiger partial charge >= 0.3 is 0 Å². The molecule has 1 rings (SSSR count). The van der Waals surface area contributed by atoms with Gasteiger partial charge in [0, 0.05) is 32.4 Å². The van der Waals surface area contributed by atoms with Crippen LogP contribution in [0.1, 0.15) is 19.8 Å². The van der Waals surface area contributed by atoms with Gasteiger partial charge in [0.25, 0.3) is 0 Å². The minimum atomic E-state index is 0.520. The van der Waals surface area contributed by atoms with Crippen molar-refractivity contribution in [3.63, 3.8) is 0 Å². The predicted molar refractivity (Wildman–Crippen MR) is 104 cm³/mol. The highest BCUT2D eigenvalue weighted by Crippen LogP contribution is 2.21. The molecule has 0 aliphatic carbocycles. The largest absolute Gasteiger partial charge is 0.367 e. The molecular formula is C15H25Cl2N5S. The van der Waals surface area contributed by atoms with E-state index in [2.05, 4.69) is 39.1 Å². The number of pyridine rings is 1. The van der Waals surface area contributed by atoms with Gasteiger partial charge in [-0.15, -0.1) is 0 Å². The smallest absolute Gasteiger partial charge is 0.191 e. The van der Waals surface area contributed by atoms with Gasteiger partial charge in [0.2, 0.25) is 0 Å². The zero-order valence-corrected chi connectivity index (χ0v) is 16.0. The summed E-state index contributed by atoms with van der Waals surface area (Å²) < 4.78 is 0. The van der Waals surface area contributed by atoms with Crippen LogP contribution < -0.4 is 16.0 Å². The summed E-state index contributed by atoms with van der Waals surface area (Å²) >= 11 is 13.8. The van der Waals surface area contributed by atoms with E-state index in [1.54, 1.807) is 12.3 Å². The molecule has 23 heavy (non-hydrogen) atoms. The van der Waals surface area contributed by atoms with Crippen LogP contribution in [0.4, 0.5) is 5.82 Å². The fraction of sp³-hybridized carbons (Fsp3) is 0.600. The van der Waals surface area contributed by atoms with Gasteiger partial charge in [0.15, 0.2) is 5.96 Å². The van der Waals surface area contributed by atoms with Crippen molar-refractivity contribution in [1.82, 2.24) is 15.6 Å². The SMILES string of the molecule is CCNC(=NCCCCSC)NCCNc1ncc(Cl)cc1Cl. The van der Waals surface area contributed by atoms with Crippen LogP contribution in [0.25, 0.3) is 0 Å². The van der Waals surface area contributed by atoms with Crippen LogP contribution in [-0.2, 0) is 0 Å². The Hall–Kier alpha value is -0.850. The summed E-state index contributed by atoms with van der Waals surface area (Å²) in [5.41, 5.74) is 0. The minimum absolute atomic E-state index is 0.520. The van der Waals surface area contributed by atoms with Crippen LogP contribution in [0.5, 0.6) is 0 Å². The number of anilines is 1. The lowest BCUT2D eigenvalue weighted by Crippen LogP contribution is -2.39. The Morgan fingerprint density at radius 1 is 1.26 bits per heavy atom. The molecule has 0 aliphatic heterocycles. The number of rotatable bonds is 10. The molecule has 0 bridgehead atoms. The first kappa shape index (κ1) is 20.2. The lowest BCUT2D eigenvalue weighted by molar-refractivity contribution is 0.779. The maximum absolute atomic E-state index is 6.06. The van der Waals surface area contributed by atoms with Crippen molar-refractivity contribution in [2.45, 2.75) is 19.8 Å². The number of unbranched alkanes of at least 4 members (excludes halogenated alkanes) is 1. The van der Waals surface area contributed by atoms with Crippen LogP contribution in [0.2, 0.25) is 10.0 Å².